The molecule has 0 heterocycles. The highest BCUT2D eigenvalue weighted by Crippen LogP contribution is 2.35. The molecule has 2 saturated carbocycles. The monoisotopic (exact) mass is 706 g/mol. The minimum atomic E-state index is -1.69. The van der Waals surface area contributed by atoms with Crippen molar-refractivity contribution >= 4 is 34.8 Å². The first-order chi connectivity index (χ1) is 24.0. The van der Waals surface area contributed by atoms with Crippen LogP contribution in [-0.4, -0.2) is 21.8 Å². The van der Waals surface area contributed by atoms with Crippen molar-refractivity contribution in [1.82, 2.24) is 0 Å². The van der Waals surface area contributed by atoms with Crippen LogP contribution in [0.2, 0.25) is 10.0 Å². The Morgan fingerprint density at radius 3 is 1.20 bits per heavy atom. The Morgan fingerprint density at radius 1 is 0.560 bits per heavy atom. The average molecular weight is 708 g/mol. The molecule has 4 aromatic carbocycles. The van der Waals surface area contributed by atoms with Gasteiger partial charge in [0.25, 0.3) is 0 Å². The zero-order chi connectivity index (χ0) is 36.0. The average Bonchev–Trinajstić information content (AvgIpc) is 3.11. The number of carbonyl (C=O) groups is 2. The molecule has 0 aliphatic heterocycles. The van der Waals surface area contributed by atoms with Gasteiger partial charge in [0.15, 0.2) is 11.2 Å². The Balaban J connectivity index is 0.000000286. The van der Waals surface area contributed by atoms with Crippen molar-refractivity contribution in [2.45, 2.75) is 76.4 Å². The molecule has 2 N–H and O–H groups in total. The fraction of sp³-hybridized carbons (Fsp3) is 0.318. The van der Waals surface area contributed by atoms with Gasteiger partial charge in [-0.15, -0.1) is 0 Å². The van der Waals surface area contributed by atoms with Gasteiger partial charge in [-0.05, 0) is 73.3 Å². The van der Waals surface area contributed by atoms with Crippen molar-refractivity contribution in [1.29, 1.82) is 0 Å². The summed E-state index contributed by atoms with van der Waals surface area (Å²) in [6, 6.07) is 32.1. The number of ketones is 2. The maximum atomic E-state index is 11.6. The maximum Gasteiger partial charge on any atom is 0.179 e. The van der Waals surface area contributed by atoms with Gasteiger partial charge in [0, 0.05) is 58.0 Å². The molecule has 0 unspecified atom stereocenters. The van der Waals surface area contributed by atoms with Gasteiger partial charge in [-0.2, -0.15) is 0 Å². The number of carbonyl (C=O) groups excluding carboxylic acids is 2. The van der Waals surface area contributed by atoms with Gasteiger partial charge in [0.1, 0.15) is 11.6 Å². The molecule has 0 amide bonds. The zero-order valence-electron chi connectivity index (χ0n) is 28.7. The third-order valence-corrected chi connectivity index (χ3v) is 9.58. The van der Waals surface area contributed by atoms with E-state index in [-0.39, 0.29) is 0 Å². The summed E-state index contributed by atoms with van der Waals surface area (Å²) in [6.45, 7) is 4.30. The summed E-state index contributed by atoms with van der Waals surface area (Å²) in [5, 5.41) is 24.0. The van der Waals surface area contributed by atoms with E-state index in [2.05, 4.69) is 37.5 Å². The van der Waals surface area contributed by atoms with Gasteiger partial charge < -0.3 is 10.2 Å². The molecule has 50 heavy (non-hydrogen) atoms. The second-order valence-corrected chi connectivity index (χ2v) is 13.9. The van der Waals surface area contributed by atoms with Crippen LogP contribution in [0.3, 0.4) is 0 Å². The van der Waals surface area contributed by atoms with Crippen molar-refractivity contribution in [3.05, 3.63) is 141 Å². The molecule has 0 bridgehead atoms. The third kappa shape index (κ3) is 10.7. The van der Waals surface area contributed by atoms with Crippen LogP contribution in [-0.2, 0) is 20.8 Å². The summed E-state index contributed by atoms with van der Waals surface area (Å²) in [4.78, 5) is 21.3. The standard InChI is InChI=1S/C30H20Cl2O2.2C7H12O/c31-27-19-9-7-17-25(27)29(33,23-13-3-1-4-14-23)21-11-12-22-30(34,24-15-5-2-6-16-24)26-18-8-10-20-28(26)32;2*1-6-3-2-4-7(8)5-6/h1-10,13-20,33-34H;2*6H,2-5H2,1H3/t29-,30-;2*6-/m111/s1. The highest BCUT2D eigenvalue weighted by Gasteiger charge is 2.33. The third-order valence-electron chi connectivity index (χ3n) is 8.92. The predicted molar refractivity (Wildman–Crippen MR) is 203 cm³/mol. The van der Waals surface area contributed by atoms with E-state index in [1.807, 2.05) is 36.4 Å². The number of benzene rings is 4. The Morgan fingerprint density at radius 2 is 0.900 bits per heavy atom. The number of Topliss-reactive ketones (excluding diaryl/α,β-unsaturated/α-hetero) is 2. The molecule has 2 aliphatic rings. The zero-order valence-corrected chi connectivity index (χ0v) is 30.2. The predicted octanol–water partition coefficient (Wildman–Crippen LogP) is 9.70. The molecule has 0 spiro atoms. The molecule has 0 aromatic heterocycles. The molecular formula is C44H44Cl2O4. The second-order valence-electron chi connectivity index (χ2n) is 13.1. The summed E-state index contributed by atoms with van der Waals surface area (Å²) >= 11 is 12.8. The SMILES string of the molecule is C[C@@H]1CCCC(=O)C1.C[C@@H]1CCCC(=O)C1.O[C@](C#CC#C[C@@](O)(c1ccccc1)c1ccccc1Cl)(c1ccccc1)c1ccccc1Cl. The van der Waals surface area contributed by atoms with Crippen molar-refractivity contribution < 1.29 is 19.8 Å². The molecule has 4 atom stereocenters. The lowest BCUT2D eigenvalue weighted by molar-refractivity contribution is -0.122. The van der Waals surface area contributed by atoms with E-state index in [0.29, 0.717) is 55.7 Å². The second kappa shape index (κ2) is 18.7. The van der Waals surface area contributed by atoms with Crippen LogP contribution in [0.1, 0.15) is 87.5 Å². The number of halogens is 2. The van der Waals surface area contributed by atoms with E-state index < -0.39 is 11.2 Å². The normalized spacial score (nSPS) is 19.2. The van der Waals surface area contributed by atoms with E-state index >= 15 is 0 Å². The summed E-state index contributed by atoms with van der Waals surface area (Å²) in [5.74, 6) is 13.5. The first-order valence-corrected chi connectivity index (χ1v) is 17.9. The Labute approximate surface area is 306 Å². The van der Waals surface area contributed by atoms with Crippen LogP contribution in [0.25, 0.3) is 0 Å². The molecule has 6 heteroatoms. The van der Waals surface area contributed by atoms with E-state index in [0.717, 1.165) is 38.5 Å². The molecule has 258 valence electrons. The summed E-state index contributed by atoms with van der Waals surface area (Å²) in [5.41, 5.74) is -1.38. The topological polar surface area (TPSA) is 74.6 Å². The first-order valence-electron chi connectivity index (χ1n) is 17.2. The Kier molecular flexibility index (Phi) is 14.5. The van der Waals surface area contributed by atoms with Crippen LogP contribution < -0.4 is 0 Å². The van der Waals surface area contributed by atoms with Gasteiger partial charge >= 0.3 is 0 Å². The number of rotatable bonds is 4. The van der Waals surface area contributed by atoms with Crippen LogP contribution in [0, 0.1) is 35.5 Å². The fourth-order valence-corrected chi connectivity index (χ4v) is 6.73. The molecule has 0 radical (unpaired) electrons. The molecule has 4 nitrogen and oxygen atoms in total. The van der Waals surface area contributed by atoms with Gasteiger partial charge in [-0.25, -0.2) is 0 Å². The minimum absolute atomic E-state index is 0.382. The molecule has 4 aromatic rings. The van der Waals surface area contributed by atoms with Crippen molar-refractivity contribution in [3.63, 3.8) is 0 Å². The summed E-state index contributed by atoms with van der Waals surface area (Å²) < 4.78 is 0. The quantitative estimate of drug-likeness (QED) is 0.207. The fourth-order valence-electron chi connectivity index (χ4n) is 6.18. The number of hydrogen-bond donors (Lipinski definition) is 2. The smallest absolute Gasteiger partial charge is 0.179 e. The molecular weight excluding hydrogens is 663 g/mol. The number of aliphatic hydroxyl groups is 2. The largest absolute Gasteiger partial charge is 0.369 e. The van der Waals surface area contributed by atoms with Crippen molar-refractivity contribution in [2.24, 2.45) is 11.8 Å². The van der Waals surface area contributed by atoms with Gasteiger partial charge in [-0.3, -0.25) is 9.59 Å². The van der Waals surface area contributed by atoms with E-state index in [4.69, 9.17) is 23.2 Å². The Hall–Kier alpha value is -4.16. The lowest BCUT2D eigenvalue weighted by atomic mass is 9.86. The Bertz CT molecular complexity index is 1710. The minimum Gasteiger partial charge on any atom is -0.369 e. The van der Waals surface area contributed by atoms with Crippen LogP contribution in [0.5, 0.6) is 0 Å². The summed E-state index contributed by atoms with van der Waals surface area (Å²) in [7, 11) is 0. The lowest BCUT2D eigenvalue weighted by Gasteiger charge is -2.25. The first kappa shape index (κ1) is 38.6. The lowest BCUT2D eigenvalue weighted by Crippen LogP contribution is -2.26. The number of hydrogen-bond acceptors (Lipinski definition) is 4. The molecule has 2 aliphatic carbocycles. The van der Waals surface area contributed by atoms with E-state index in [9.17, 15) is 19.8 Å². The molecule has 0 saturated heterocycles. The van der Waals surface area contributed by atoms with Crippen molar-refractivity contribution in [2.75, 3.05) is 0 Å². The van der Waals surface area contributed by atoms with Gasteiger partial charge in [0.2, 0.25) is 0 Å². The highest BCUT2D eigenvalue weighted by atomic mass is 35.5. The van der Waals surface area contributed by atoms with Gasteiger partial charge in [0.05, 0.1) is 0 Å². The molecule has 6 rings (SSSR count). The van der Waals surface area contributed by atoms with E-state index in [1.165, 1.54) is 12.8 Å². The van der Waals surface area contributed by atoms with E-state index in [1.54, 1.807) is 72.8 Å². The van der Waals surface area contributed by atoms with Crippen molar-refractivity contribution in [3.8, 4) is 23.7 Å². The van der Waals surface area contributed by atoms with Crippen LogP contribution in [0.4, 0.5) is 0 Å². The van der Waals surface area contributed by atoms with Crippen LogP contribution in [0.15, 0.2) is 109 Å². The molecule has 2 fully saturated rings. The van der Waals surface area contributed by atoms with Gasteiger partial charge in [-0.1, -0.05) is 134 Å². The maximum absolute atomic E-state index is 11.6. The highest BCUT2D eigenvalue weighted by molar-refractivity contribution is 6.31. The van der Waals surface area contributed by atoms with Crippen LogP contribution >= 0.6 is 23.2 Å². The summed E-state index contributed by atoms with van der Waals surface area (Å²) in [6.07, 6.45) is 8.10.